The molecule has 2 aromatic rings. The summed E-state index contributed by atoms with van der Waals surface area (Å²) >= 11 is 0. The van der Waals surface area contributed by atoms with E-state index >= 15 is 0 Å². The van der Waals surface area contributed by atoms with E-state index in [2.05, 4.69) is 32.1 Å². The number of unbranched alkanes of at least 4 members (excludes halogenated alkanes) is 1. The normalized spacial score (nSPS) is 16.3. The number of rotatable bonds is 5. The van der Waals surface area contributed by atoms with E-state index < -0.39 is 0 Å². The largest absolute Gasteiger partial charge is 0.289 e. The summed E-state index contributed by atoms with van der Waals surface area (Å²) in [5.41, 5.74) is 6.42. The van der Waals surface area contributed by atoms with Gasteiger partial charge in [-0.1, -0.05) is 74.0 Å². The molecule has 0 unspecified atom stereocenters. The molecule has 0 aromatic heterocycles. The van der Waals surface area contributed by atoms with Crippen molar-refractivity contribution in [1.82, 2.24) is 0 Å². The lowest BCUT2D eigenvalue weighted by atomic mass is 9.81. The minimum absolute atomic E-state index is 0.125. The number of ketones is 1. The fourth-order valence-electron chi connectivity index (χ4n) is 3.32. The van der Waals surface area contributed by atoms with Crippen molar-refractivity contribution in [3.63, 3.8) is 0 Å². The number of carbonyl (C=O) groups excluding carboxylic acids is 1. The molecule has 0 fully saturated rings. The second-order valence-electron chi connectivity index (χ2n) is 6.47. The van der Waals surface area contributed by atoms with Gasteiger partial charge in [-0.05, 0) is 59.8 Å². The second kappa shape index (κ2) is 7.94. The zero-order valence-electron chi connectivity index (χ0n) is 15.0. The monoisotopic (exact) mass is 328 g/mol. The van der Waals surface area contributed by atoms with Crippen LogP contribution in [0, 0.1) is 0 Å². The van der Waals surface area contributed by atoms with Gasteiger partial charge in [-0.3, -0.25) is 4.79 Å². The van der Waals surface area contributed by atoms with Crippen molar-refractivity contribution >= 4 is 17.4 Å². The van der Waals surface area contributed by atoms with E-state index in [9.17, 15) is 4.79 Å². The summed E-state index contributed by atoms with van der Waals surface area (Å²) in [6.45, 7) is 4.26. The van der Waals surface area contributed by atoms with Crippen LogP contribution in [-0.2, 0) is 4.79 Å². The van der Waals surface area contributed by atoms with Gasteiger partial charge in [-0.15, -0.1) is 0 Å². The molecule has 0 bridgehead atoms. The molecular formula is C24H24O. The fourth-order valence-corrected chi connectivity index (χ4v) is 3.32. The van der Waals surface area contributed by atoms with E-state index in [-0.39, 0.29) is 5.78 Å². The molecule has 0 radical (unpaired) electrons. The lowest BCUT2D eigenvalue weighted by molar-refractivity contribution is -0.109. The van der Waals surface area contributed by atoms with Crippen LogP contribution in [0.25, 0.3) is 11.6 Å². The molecule has 0 spiro atoms. The van der Waals surface area contributed by atoms with Crippen molar-refractivity contribution in [2.24, 2.45) is 0 Å². The molecule has 2 aromatic carbocycles. The average molecular weight is 328 g/mol. The number of hydrogen-bond acceptors (Lipinski definition) is 1. The first-order valence-electron chi connectivity index (χ1n) is 8.99. The summed E-state index contributed by atoms with van der Waals surface area (Å²) in [7, 11) is 0. The first-order valence-corrected chi connectivity index (χ1v) is 8.99. The maximum absolute atomic E-state index is 12.8. The van der Waals surface area contributed by atoms with Gasteiger partial charge in [0.2, 0.25) is 0 Å². The molecular weight excluding hydrogens is 304 g/mol. The van der Waals surface area contributed by atoms with Gasteiger partial charge >= 0.3 is 0 Å². The summed E-state index contributed by atoms with van der Waals surface area (Å²) in [5, 5.41) is 0. The molecule has 1 heteroatoms. The summed E-state index contributed by atoms with van der Waals surface area (Å²) < 4.78 is 0. The molecule has 1 aliphatic carbocycles. The van der Waals surface area contributed by atoms with Gasteiger partial charge in [-0.25, -0.2) is 0 Å². The van der Waals surface area contributed by atoms with Gasteiger partial charge in [-0.2, -0.15) is 0 Å². The Balaban J connectivity index is 2.11. The van der Waals surface area contributed by atoms with Crippen LogP contribution in [0.4, 0.5) is 0 Å². The lowest BCUT2D eigenvalue weighted by Gasteiger charge is -2.22. The molecule has 0 saturated carbocycles. The molecule has 3 rings (SSSR count). The number of carbonyl (C=O) groups is 1. The number of hydrogen-bond donors (Lipinski definition) is 0. The Morgan fingerprint density at radius 1 is 0.920 bits per heavy atom. The average Bonchev–Trinajstić information content (AvgIpc) is 2.64. The van der Waals surface area contributed by atoms with E-state index in [0.717, 1.165) is 41.5 Å². The molecule has 0 amide bonds. The fraction of sp³-hybridized carbons (Fsp3) is 0.208. The van der Waals surface area contributed by atoms with Crippen molar-refractivity contribution < 1.29 is 4.79 Å². The lowest BCUT2D eigenvalue weighted by Crippen LogP contribution is -2.11. The van der Waals surface area contributed by atoms with Crippen molar-refractivity contribution in [2.45, 2.75) is 33.1 Å². The third-order valence-electron chi connectivity index (χ3n) is 4.65. The van der Waals surface area contributed by atoms with E-state index in [4.69, 9.17) is 0 Å². The Kier molecular flexibility index (Phi) is 5.45. The van der Waals surface area contributed by atoms with Gasteiger partial charge in [0.1, 0.15) is 0 Å². The molecule has 25 heavy (non-hydrogen) atoms. The topological polar surface area (TPSA) is 17.1 Å². The highest BCUT2D eigenvalue weighted by atomic mass is 16.1. The van der Waals surface area contributed by atoms with Crippen molar-refractivity contribution in [3.8, 4) is 0 Å². The van der Waals surface area contributed by atoms with Crippen LogP contribution >= 0.6 is 0 Å². The smallest absolute Gasteiger partial charge is 0.187 e. The van der Waals surface area contributed by atoms with Gasteiger partial charge in [0.05, 0.1) is 0 Å². The van der Waals surface area contributed by atoms with Crippen LogP contribution in [0.5, 0.6) is 0 Å². The Morgan fingerprint density at radius 2 is 1.56 bits per heavy atom. The van der Waals surface area contributed by atoms with E-state index in [1.54, 1.807) is 0 Å². The Hall–Kier alpha value is -2.67. The predicted octanol–water partition coefficient (Wildman–Crippen LogP) is 6.24. The van der Waals surface area contributed by atoms with Crippen LogP contribution in [0.2, 0.25) is 0 Å². The Morgan fingerprint density at radius 3 is 2.20 bits per heavy atom. The standard InChI is InChI=1S/C24H24O/c1-3-4-13-21-17-23(25)24(20-14-9-6-10-15-20)18(2)22(21)16-19-11-7-5-8-12-19/h5-12,14-17H,3-4,13H2,1-2H3/b22-16+. The van der Waals surface area contributed by atoms with E-state index in [0.29, 0.717) is 0 Å². The first kappa shape index (κ1) is 17.2. The molecule has 0 heterocycles. The summed E-state index contributed by atoms with van der Waals surface area (Å²) in [6, 6.07) is 20.3. The highest BCUT2D eigenvalue weighted by Gasteiger charge is 2.23. The predicted molar refractivity (Wildman–Crippen MR) is 106 cm³/mol. The molecule has 126 valence electrons. The quantitative estimate of drug-likeness (QED) is 0.634. The zero-order chi connectivity index (χ0) is 17.6. The minimum Gasteiger partial charge on any atom is -0.289 e. The van der Waals surface area contributed by atoms with E-state index in [1.807, 2.05) is 54.6 Å². The maximum atomic E-state index is 12.8. The summed E-state index contributed by atoms with van der Waals surface area (Å²) in [4.78, 5) is 12.8. The molecule has 0 aliphatic heterocycles. The third-order valence-corrected chi connectivity index (χ3v) is 4.65. The third kappa shape index (κ3) is 3.88. The van der Waals surface area contributed by atoms with Crippen LogP contribution in [0.15, 0.2) is 83.5 Å². The summed E-state index contributed by atoms with van der Waals surface area (Å²) in [6.07, 6.45) is 7.23. The molecule has 1 nitrogen and oxygen atoms in total. The second-order valence-corrected chi connectivity index (χ2v) is 6.47. The molecule has 0 N–H and O–H groups in total. The first-order chi connectivity index (χ1) is 12.2. The maximum Gasteiger partial charge on any atom is 0.187 e. The van der Waals surface area contributed by atoms with Crippen LogP contribution < -0.4 is 0 Å². The van der Waals surface area contributed by atoms with Gasteiger partial charge in [0, 0.05) is 5.57 Å². The van der Waals surface area contributed by atoms with Crippen molar-refractivity contribution in [2.75, 3.05) is 0 Å². The molecule has 0 atom stereocenters. The number of benzene rings is 2. The van der Waals surface area contributed by atoms with E-state index in [1.165, 1.54) is 11.1 Å². The van der Waals surface area contributed by atoms with Crippen molar-refractivity contribution in [3.05, 3.63) is 94.6 Å². The van der Waals surface area contributed by atoms with Crippen LogP contribution in [0.3, 0.4) is 0 Å². The van der Waals surface area contributed by atoms with Crippen LogP contribution in [0.1, 0.15) is 44.2 Å². The number of allylic oxidation sites excluding steroid dienone is 5. The highest BCUT2D eigenvalue weighted by molar-refractivity contribution is 6.29. The summed E-state index contributed by atoms with van der Waals surface area (Å²) in [5.74, 6) is 0.125. The van der Waals surface area contributed by atoms with Gasteiger partial charge < -0.3 is 0 Å². The SMILES string of the molecule is CCCCC1=CC(=O)C(c2ccccc2)=C(C)/C1=C\c1ccccc1. The van der Waals surface area contributed by atoms with Crippen LogP contribution in [-0.4, -0.2) is 5.78 Å². The van der Waals surface area contributed by atoms with Crippen molar-refractivity contribution in [1.29, 1.82) is 0 Å². The molecule has 0 saturated heterocycles. The Labute approximate surface area is 150 Å². The minimum atomic E-state index is 0.125. The molecule has 1 aliphatic rings. The van der Waals surface area contributed by atoms with Gasteiger partial charge in [0.25, 0.3) is 0 Å². The highest BCUT2D eigenvalue weighted by Crippen LogP contribution is 2.36. The zero-order valence-corrected chi connectivity index (χ0v) is 15.0. The Bertz CT molecular complexity index is 836. The van der Waals surface area contributed by atoms with Gasteiger partial charge in [0.15, 0.2) is 5.78 Å².